The SMILES string of the molecule is COc1ccc(C(=N)N)cc1COCCC(C)(C)C. The summed E-state index contributed by atoms with van der Waals surface area (Å²) in [7, 11) is 1.63. The van der Waals surface area contributed by atoms with E-state index < -0.39 is 0 Å². The van der Waals surface area contributed by atoms with Gasteiger partial charge in [-0.15, -0.1) is 0 Å². The Morgan fingerprint density at radius 3 is 2.53 bits per heavy atom. The first-order valence-electron chi connectivity index (χ1n) is 6.42. The molecule has 0 aliphatic rings. The molecule has 106 valence electrons. The molecule has 3 N–H and O–H groups in total. The summed E-state index contributed by atoms with van der Waals surface area (Å²) in [6, 6.07) is 5.44. The highest BCUT2D eigenvalue weighted by molar-refractivity contribution is 5.95. The van der Waals surface area contributed by atoms with Gasteiger partial charge in [-0.3, -0.25) is 5.41 Å². The van der Waals surface area contributed by atoms with E-state index in [-0.39, 0.29) is 11.3 Å². The summed E-state index contributed by atoms with van der Waals surface area (Å²) < 4.78 is 11.0. The molecule has 0 spiro atoms. The van der Waals surface area contributed by atoms with Gasteiger partial charge < -0.3 is 15.2 Å². The number of rotatable bonds is 6. The Balaban J connectivity index is 2.65. The van der Waals surface area contributed by atoms with Gasteiger partial charge in [0.05, 0.1) is 13.7 Å². The molecule has 0 saturated heterocycles. The van der Waals surface area contributed by atoms with E-state index in [1.165, 1.54) is 0 Å². The van der Waals surface area contributed by atoms with Gasteiger partial charge >= 0.3 is 0 Å². The van der Waals surface area contributed by atoms with Crippen LogP contribution in [0.3, 0.4) is 0 Å². The van der Waals surface area contributed by atoms with Crippen molar-refractivity contribution in [2.24, 2.45) is 11.1 Å². The minimum Gasteiger partial charge on any atom is -0.496 e. The van der Waals surface area contributed by atoms with Crippen molar-refractivity contribution in [3.63, 3.8) is 0 Å². The molecular formula is C15H24N2O2. The molecule has 4 heteroatoms. The van der Waals surface area contributed by atoms with Crippen molar-refractivity contribution in [1.82, 2.24) is 0 Å². The summed E-state index contributed by atoms with van der Waals surface area (Å²) in [5, 5.41) is 7.45. The molecule has 1 aromatic rings. The van der Waals surface area contributed by atoms with Crippen LogP contribution in [0.1, 0.15) is 38.3 Å². The topological polar surface area (TPSA) is 68.3 Å². The largest absolute Gasteiger partial charge is 0.496 e. The Kier molecular flexibility index (Phi) is 5.36. The average Bonchev–Trinajstić information content (AvgIpc) is 2.33. The van der Waals surface area contributed by atoms with Crippen LogP contribution in [-0.4, -0.2) is 19.6 Å². The van der Waals surface area contributed by atoms with Gasteiger partial charge in [0.15, 0.2) is 0 Å². The number of hydrogen-bond acceptors (Lipinski definition) is 3. The normalized spacial score (nSPS) is 11.4. The summed E-state index contributed by atoms with van der Waals surface area (Å²) in [5.41, 5.74) is 7.37. The first kappa shape index (κ1) is 15.5. The molecule has 19 heavy (non-hydrogen) atoms. The van der Waals surface area contributed by atoms with Crippen molar-refractivity contribution in [1.29, 1.82) is 5.41 Å². The van der Waals surface area contributed by atoms with Crippen LogP contribution in [0, 0.1) is 10.8 Å². The number of hydrogen-bond donors (Lipinski definition) is 2. The highest BCUT2D eigenvalue weighted by Gasteiger charge is 2.10. The fraction of sp³-hybridized carbons (Fsp3) is 0.533. The highest BCUT2D eigenvalue weighted by atomic mass is 16.5. The third kappa shape index (κ3) is 5.30. The molecule has 1 aromatic carbocycles. The fourth-order valence-electron chi connectivity index (χ4n) is 1.62. The lowest BCUT2D eigenvalue weighted by molar-refractivity contribution is 0.0948. The number of amidine groups is 1. The van der Waals surface area contributed by atoms with Crippen LogP contribution in [0.2, 0.25) is 0 Å². The van der Waals surface area contributed by atoms with E-state index >= 15 is 0 Å². The van der Waals surface area contributed by atoms with E-state index in [2.05, 4.69) is 20.8 Å². The molecule has 1 rings (SSSR count). The van der Waals surface area contributed by atoms with Gasteiger partial charge in [0.2, 0.25) is 0 Å². The minimum absolute atomic E-state index is 0.0543. The van der Waals surface area contributed by atoms with Crippen molar-refractivity contribution in [2.75, 3.05) is 13.7 Å². The third-order valence-electron chi connectivity index (χ3n) is 2.85. The molecule has 0 bridgehead atoms. The molecule has 0 aromatic heterocycles. The van der Waals surface area contributed by atoms with Crippen molar-refractivity contribution >= 4 is 5.84 Å². The second-order valence-corrected chi connectivity index (χ2v) is 5.80. The van der Waals surface area contributed by atoms with Gasteiger partial charge in [0, 0.05) is 17.7 Å². The number of nitrogen functional groups attached to an aromatic ring is 1. The summed E-state index contributed by atoms with van der Waals surface area (Å²) in [6.07, 6.45) is 1.00. The molecule has 0 heterocycles. The van der Waals surface area contributed by atoms with Crippen LogP contribution in [0.25, 0.3) is 0 Å². The Morgan fingerprint density at radius 2 is 2.00 bits per heavy atom. The fourth-order valence-corrected chi connectivity index (χ4v) is 1.62. The molecule has 0 unspecified atom stereocenters. The second kappa shape index (κ2) is 6.57. The summed E-state index contributed by atoms with van der Waals surface area (Å²) in [5.74, 6) is 0.819. The predicted molar refractivity (Wildman–Crippen MR) is 77.7 cm³/mol. The Hall–Kier alpha value is -1.55. The van der Waals surface area contributed by atoms with Crippen LogP contribution in [0.15, 0.2) is 18.2 Å². The van der Waals surface area contributed by atoms with Crippen LogP contribution >= 0.6 is 0 Å². The molecule has 0 aliphatic carbocycles. The zero-order valence-corrected chi connectivity index (χ0v) is 12.2. The van der Waals surface area contributed by atoms with Gasteiger partial charge in [-0.05, 0) is 30.0 Å². The van der Waals surface area contributed by atoms with Crippen molar-refractivity contribution in [3.8, 4) is 5.75 Å². The van der Waals surface area contributed by atoms with Gasteiger partial charge in [-0.1, -0.05) is 20.8 Å². The van der Waals surface area contributed by atoms with E-state index in [1.807, 2.05) is 12.1 Å². The molecule has 0 radical (unpaired) electrons. The number of nitrogens with one attached hydrogen (secondary N) is 1. The predicted octanol–water partition coefficient (Wildman–Crippen LogP) is 2.93. The summed E-state index contributed by atoms with van der Waals surface area (Å²) >= 11 is 0. The Morgan fingerprint density at radius 1 is 1.32 bits per heavy atom. The van der Waals surface area contributed by atoms with Crippen LogP contribution in [-0.2, 0) is 11.3 Å². The molecule has 0 fully saturated rings. The Bertz CT molecular complexity index is 436. The summed E-state index contributed by atoms with van der Waals surface area (Å²) in [6.45, 7) is 7.74. The zero-order chi connectivity index (χ0) is 14.5. The van der Waals surface area contributed by atoms with Crippen LogP contribution < -0.4 is 10.5 Å². The van der Waals surface area contributed by atoms with E-state index in [0.717, 1.165) is 17.7 Å². The van der Waals surface area contributed by atoms with Gasteiger partial charge in [-0.2, -0.15) is 0 Å². The molecule has 0 saturated carbocycles. The number of ether oxygens (including phenoxy) is 2. The lowest BCUT2D eigenvalue weighted by Gasteiger charge is -2.18. The number of nitrogens with two attached hydrogens (primary N) is 1. The monoisotopic (exact) mass is 264 g/mol. The minimum atomic E-state index is 0.0543. The van der Waals surface area contributed by atoms with Gasteiger partial charge in [-0.25, -0.2) is 0 Å². The Labute approximate surface area is 115 Å². The first-order valence-corrected chi connectivity index (χ1v) is 6.42. The van der Waals surface area contributed by atoms with E-state index in [9.17, 15) is 0 Å². The first-order chi connectivity index (χ1) is 8.83. The third-order valence-corrected chi connectivity index (χ3v) is 2.85. The molecule has 4 nitrogen and oxygen atoms in total. The summed E-state index contributed by atoms with van der Waals surface area (Å²) in [4.78, 5) is 0. The number of methoxy groups -OCH3 is 1. The van der Waals surface area contributed by atoms with E-state index in [1.54, 1.807) is 13.2 Å². The molecule has 0 atom stereocenters. The lowest BCUT2D eigenvalue weighted by atomic mass is 9.93. The van der Waals surface area contributed by atoms with Gasteiger partial charge in [0.1, 0.15) is 11.6 Å². The maximum absolute atomic E-state index is 7.45. The molecule has 0 amide bonds. The molecular weight excluding hydrogens is 240 g/mol. The maximum atomic E-state index is 7.45. The number of benzene rings is 1. The van der Waals surface area contributed by atoms with Crippen molar-refractivity contribution in [2.45, 2.75) is 33.8 Å². The van der Waals surface area contributed by atoms with Crippen molar-refractivity contribution < 1.29 is 9.47 Å². The standard InChI is InChI=1S/C15H24N2O2/c1-15(2,3)7-8-19-10-12-9-11(14(16)17)5-6-13(12)18-4/h5-6,9H,7-8,10H2,1-4H3,(H3,16,17). The van der Waals surface area contributed by atoms with Crippen LogP contribution in [0.5, 0.6) is 5.75 Å². The lowest BCUT2D eigenvalue weighted by Crippen LogP contribution is -2.12. The smallest absolute Gasteiger partial charge is 0.124 e. The van der Waals surface area contributed by atoms with Gasteiger partial charge in [0.25, 0.3) is 0 Å². The van der Waals surface area contributed by atoms with E-state index in [4.69, 9.17) is 20.6 Å². The van der Waals surface area contributed by atoms with E-state index in [0.29, 0.717) is 18.8 Å². The average molecular weight is 264 g/mol. The quantitative estimate of drug-likeness (QED) is 0.471. The highest BCUT2D eigenvalue weighted by Crippen LogP contribution is 2.22. The molecule has 0 aliphatic heterocycles. The zero-order valence-electron chi connectivity index (χ0n) is 12.2. The van der Waals surface area contributed by atoms with Crippen LogP contribution in [0.4, 0.5) is 0 Å². The van der Waals surface area contributed by atoms with Crippen molar-refractivity contribution in [3.05, 3.63) is 29.3 Å². The second-order valence-electron chi connectivity index (χ2n) is 5.80. The maximum Gasteiger partial charge on any atom is 0.124 e.